The van der Waals surface area contributed by atoms with Crippen LogP contribution < -0.4 is 11.1 Å². The van der Waals surface area contributed by atoms with Crippen molar-refractivity contribution in [2.45, 2.75) is 31.7 Å². The maximum absolute atomic E-state index is 14.4. The van der Waals surface area contributed by atoms with E-state index in [-0.39, 0.29) is 11.6 Å². The number of carbonyl (C=O) groups is 1. The molecule has 0 saturated carbocycles. The van der Waals surface area contributed by atoms with E-state index in [0.29, 0.717) is 23.6 Å². The molecule has 2 aliphatic rings. The summed E-state index contributed by atoms with van der Waals surface area (Å²) in [7, 11) is 0. The molecule has 0 amide bonds. The lowest BCUT2D eigenvalue weighted by molar-refractivity contribution is -0.118. The van der Waals surface area contributed by atoms with E-state index >= 15 is 0 Å². The van der Waals surface area contributed by atoms with E-state index in [2.05, 4.69) is 15.2 Å². The lowest BCUT2D eigenvalue weighted by Crippen LogP contribution is -2.44. The molecular formula is C19H27FN4OS. The first-order valence-electron chi connectivity index (χ1n) is 9.18. The first-order valence-corrected chi connectivity index (χ1v) is 10.2. The van der Waals surface area contributed by atoms with Crippen molar-refractivity contribution in [2.75, 3.05) is 38.5 Å². The number of aliphatic imine (C=N–C) groups is 1. The Labute approximate surface area is 158 Å². The highest BCUT2D eigenvalue weighted by Crippen LogP contribution is 2.36. The second kappa shape index (κ2) is 8.50. The van der Waals surface area contributed by atoms with Crippen molar-refractivity contribution in [3.05, 3.63) is 35.1 Å². The molecule has 0 spiro atoms. The molecule has 1 fully saturated rings. The van der Waals surface area contributed by atoms with Gasteiger partial charge in [-0.1, -0.05) is 23.9 Å². The van der Waals surface area contributed by atoms with Gasteiger partial charge in [-0.3, -0.25) is 9.79 Å². The molecule has 2 aliphatic heterocycles. The summed E-state index contributed by atoms with van der Waals surface area (Å²) < 4.78 is 14.4. The molecule has 7 heteroatoms. The van der Waals surface area contributed by atoms with Gasteiger partial charge in [0.05, 0.1) is 5.54 Å². The number of hydrogen-bond acceptors (Lipinski definition) is 6. The summed E-state index contributed by atoms with van der Waals surface area (Å²) in [5, 5.41) is 3.80. The molecule has 1 aromatic carbocycles. The van der Waals surface area contributed by atoms with Crippen LogP contribution in [-0.2, 0) is 16.8 Å². The number of benzene rings is 1. The average Bonchev–Trinajstić information content (AvgIpc) is 2.62. The normalized spacial score (nSPS) is 24.3. The van der Waals surface area contributed by atoms with Crippen molar-refractivity contribution in [1.82, 2.24) is 10.2 Å². The largest absolute Gasteiger partial charge is 0.379 e. The monoisotopic (exact) mass is 378 g/mol. The van der Waals surface area contributed by atoms with Gasteiger partial charge in [0.1, 0.15) is 11.6 Å². The molecule has 1 saturated heterocycles. The Bertz CT molecular complexity index is 690. The maximum atomic E-state index is 14.4. The van der Waals surface area contributed by atoms with Gasteiger partial charge in [0.25, 0.3) is 0 Å². The number of rotatable bonds is 6. The summed E-state index contributed by atoms with van der Waals surface area (Å²) in [6, 6.07) is 4.95. The summed E-state index contributed by atoms with van der Waals surface area (Å²) in [4.78, 5) is 19.2. The number of thioether (sulfide) groups is 1. The van der Waals surface area contributed by atoms with Gasteiger partial charge in [0, 0.05) is 56.9 Å². The molecule has 0 aromatic heterocycles. The van der Waals surface area contributed by atoms with Crippen LogP contribution in [0.2, 0.25) is 0 Å². The third kappa shape index (κ3) is 4.84. The third-order valence-electron chi connectivity index (χ3n) is 5.12. The second-order valence-electron chi connectivity index (χ2n) is 7.19. The fraction of sp³-hybridized carbons (Fsp3) is 0.579. The molecule has 3 N–H and O–H groups in total. The smallest absolute Gasteiger partial charge is 0.154 e. The van der Waals surface area contributed by atoms with Gasteiger partial charge in [-0.05, 0) is 25.0 Å². The predicted molar refractivity (Wildman–Crippen MR) is 105 cm³/mol. The fourth-order valence-electron chi connectivity index (χ4n) is 3.51. The summed E-state index contributed by atoms with van der Waals surface area (Å²) >= 11 is 1.50. The maximum Gasteiger partial charge on any atom is 0.154 e. The van der Waals surface area contributed by atoms with Crippen LogP contribution in [0.25, 0.3) is 0 Å². The van der Waals surface area contributed by atoms with E-state index in [4.69, 9.17) is 5.73 Å². The lowest BCUT2D eigenvalue weighted by Gasteiger charge is -2.30. The van der Waals surface area contributed by atoms with Crippen LogP contribution in [0, 0.1) is 5.82 Å². The number of ketones is 1. The van der Waals surface area contributed by atoms with E-state index in [1.54, 1.807) is 12.1 Å². The lowest BCUT2D eigenvalue weighted by atomic mass is 9.87. The zero-order valence-corrected chi connectivity index (χ0v) is 16.1. The number of nitrogens with one attached hydrogen (secondary N) is 1. The van der Waals surface area contributed by atoms with Crippen LogP contribution in [0.5, 0.6) is 0 Å². The standard InChI is InChI=1S/C19H27FN4OS/c1-19(5-11-26-18(21)23-19)16-13-14(2-3-17(16)20)12-15(25)4-8-24-9-6-22-7-10-24/h2-3,13,22H,4-12H2,1H3,(H2,21,23)/t19-/m0/s1. The van der Waals surface area contributed by atoms with Gasteiger partial charge in [0.15, 0.2) is 5.17 Å². The summed E-state index contributed by atoms with van der Waals surface area (Å²) in [6.45, 7) is 6.65. The molecule has 3 rings (SSSR count). The summed E-state index contributed by atoms with van der Waals surface area (Å²) in [5.41, 5.74) is 6.58. The minimum atomic E-state index is -0.653. The Morgan fingerprint density at radius 1 is 1.42 bits per heavy atom. The molecule has 26 heavy (non-hydrogen) atoms. The first kappa shape index (κ1) is 19.3. The first-order chi connectivity index (χ1) is 12.5. The minimum absolute atomic E-state index is 0.188. The van der Waals surface area contributed by atoms with Crippen LogP contribution in [0.4, 0.5) is 4.39 Å². The summed E-state index contributed by atoms with van der Waals surface area (Å²) in [5.74, 6) is 0.723. The number of carbonyl (C=O) groups excluding carboxylic acids is 1. The number of nitrogens with zero attached hydrogens (tertiary/aromatic N) is 2. The van der Waals surface area contributed by atoms with Crippen molar-refractivity contribution in [1.29, 1.82) is 0 Å². The van der Waals surface area contributed by atoms with Gasteiger partial charge in [-0.15, -0.1) is 0 Å². The predicted octanol–water partition coefficient (Wildman–Crippen LogP) is 1.90. The van der Waals surface area contributed by atoms with Crippen LogP contribution >= 0.6 is 11.8 Å². The number of nitrogens with two attached hydrogens (primary N) is 1. The molecule has 0 unspecified atom stereocenters. The Balaban J connectivity index is 1.65. The highest BCUT2D eigenvalue weighted by atomic mass is 32.2. The van der Waals surface area contributed by atoms with E-state index < -0.39 is 5.54 Å². The SMILES string of the molecule is C[C@@]1(c2cc(CC(=O)CCN3CCNCC3)ccc2F)CCSC(N)=N1. The molecule has 2 heterocycles. The van der Waals surface area contributed by atoms with Gasteiger partial charge in [0.2, 0.25) is 0 Å². The van der Waals surface area contributed by atoms with E-state index in [1.807, 2.05) is 6.92 Å². The molecule has 1 aromatic rings. The zero-order chi connectivity index (χ0) is 18.6. The molecule has 0 bridgehead atoms. The fourth-order valence-corrected chi connectivity index (χ4v) is 4.48. The van der Waals surface area contributed by atoms with Crippen molar-refractivity contribution in [3.63, 3.8) is 0 Å². The van der Waals surface area contributed by atoms with Crippen molar-refractivity contribution in [2.24, 2.45) is 10.7 Å². The van der Waals surface area contributed by atoms with Crippen molar-refractivity contribution in [3.8, 4) is 0 Å². The topological polar surface area (TPSA) is 70.7 Å². The number of piperazine rings is 1. The quantitative estimate of drug-likeness (QED) is 0.791. The zero-order valence-electron chi connectivity index (χ0n) is 15.3. The number of Topliss-reactive ketones (excluding diaryl/α,β-unsaturated/α-hetero) is 1. The highest BCUT2D eigenvalue weighted by Gasteiger charge is 2.32. The van der Waals surface area contributed by atoms with Crippen molar-refractivity contribution < 1.29 is 9.18 Å². The van der Waals surface area contributed by atoms with Crippen LogP contribution in [-0.4, -0.2) is 54.3 Å². The van der Waals surface area contributed by atoms with Crippen LogP contribution in [0.15, 0.2) is 23.2 Å². The van der Waals surface area contributed by atoms with Crippen molar-refractivity contribution >= 4 is 22.7 Å². The van der Waals surface area contributed by atoms with Crippen LogP contribution in [0.1, 0.15) is 30.9 Å². The van der Waals surface area contributed by atoms with Gasteiger partial charge < -0.3 is 16.0 Å². The number of hydrogen-bond donors (Lipinski definition) is 2. The van der Waals surface area contributed by atoms with Crippen LogP contribution in [0.3, 0.4) is 0 Å². The summed E-state index contributed by atoms with van der Waals surface area (Å²) in [6.07, 6.45) is 1.60. The van der Waals surface area contributed by atoms with Gasteiger partial charge >= 0.3 is 0 Å². The number of halogens is 1. The Hall–Kier alpha value is -1.44. The Kier molecular flexibility index (Phi) is 6.32. The molecular weight excluding hydrogens is 351 g/mol. The molecule has 142 valence electrons. The average molecular weight is 379 g/mol. The molecule has 0 radical (unpaired) electrons. The van der Waals surface area contributed by atoms with E-state index in [0.717, 1.165) is 50.5 Å². The molecule has 5 nitrogen and oxygen atoms in total. The molecule has 0 aliphatic carbocycles. The van der Waals surface area contributed by atoms with E-state index in [1.165, 1.54) is 17.8 Å². The Morgan fingerprint density at radius 2 is 2.19 bits per heavy atom. The second-order valence-corrected chi connectivity index (χ2v) is 8.31. The van der Waals surface area contributed by atoms with E-state index in [9.17, 15) is 9.18 Å². The highest BCUT2D eigenvalue weighted by molar-refractivity contribution is 8.13. The molecule has 1 atom stereocenters. The minimum Gasteiger partial charge on any atom is -0.379 e. The van der Waals surface area contributed by atoms with Gasteiger partial charge in [-0.2, -0.15) is 0 Å². The third-order valence-corrected chi connectivity index (χ3v) is 5.92. The van der Waals surface area contributed by atoms with Gasteiger partial charge in [-0.25, -0.2) is 4.39 Å². The number of amidine groups is 1. The Morgan fingerprint density at radius 3 is 2.92 bits per heavy atom.